The van der Waals surface area contributed by atoms with E-state index in [0.29, 0.717) is 17.9 Å². The highest BCUT2D eigenvalue weighted by Crippen LogP contribution is 2.35. The molecule has 0 aromatic heterocycles. The first-order chi connectivity index (χ1) is 14.5. The molecule has 4 amide bonds. The fourth-order valence-electron chi connectivity index (χ4n) is 4.30. The van der Waals surface area contributed by atoms with Crippen LogP contribution in [-0.2, 0) is 9.59 Å². The molecule has 0 radical (unpaired) electrons. The monoisotopic (exact) mass is 425 g/mol. The number of hydrogen-bond donors (Lipinski definition) is 2. The van der Waals surface area contributed by atoms with E-state index in [9.17, 15) is 14.4 Å². The summed E-state index contributed by atoms with van der Waals surface area (Å²) in [6, 6.07) is 16.2. The topological polar surface area (TPSA) is 78.5 Å². The molecule has 2 fully saturated rings. The summed E-state index contributed by atoms with van der Waals surface area (Å²) in [6.45, 7) is 0.0698. The molecule has 2 aromatic carbocycles. The predicted octanol–water partition coefficient (Wildman–Crippen LogP) is 3.80. The van der Waals surface area contributed by atoms with Gasteiger partial charge in [-0.15, -0.1) is 0 Å². The van der Waals surface area contributed by atoms with Gasteiger partial charge in [0.2, 0.25) is 5.91 Å². The van der Waals surface area contributed by atoms with Crippen molar-refractivity contribution >= 4 is 29.4 Å². The lowest BCUT2D eigenvalue weighted by atomic mass is 9.98. The molecule has 1 saturated carbocycles. The van der Waals surface area contributed by atoms with Gasteiger partial charge in [0.1, 0.15) is 5.54 Å². The minimum absolute atomic E-state index is 0.0478. The Morgan fingerprint density at radius 2 is 1.67 bits per heavy atom. The van der Waals surface area contributed by atoms with Gasteiger partial charge in [-0.2, -0.15) is 0 Å². The smallest absolute Gasteiger partial charge is 0.325 e. The van der Waals surface area contributed by atoms with Crippen molar-refractivity contribution in [3.05, 3.63) is 70.7 Å². The lowest BCUT2D eigenvalue weighted by Gasteiger charge is -2.22. The lowest BCUT2D eigenvalue weighted by Crippen LogP contribution is -2.44. The van der Waals surface area contributed by atoms with Crippen LogP contribution >= 0.6 is 11.6 Å². The Hall–Kier alpha value is -2.86. The van der Waals surface area contributed by atoms with Crippen LogP contribution in [0.1, 0.15) is 49.3 Å². The predicted molar refractivity (Wildman–Crippen MR) is 114 cm³/mol. The van der Waals surface area contributed by atoms with Gasteiger partial charge in [-0.25, -0.2) is 4.79 Å². The zero-order valence-electron chi connectivity index (χ0n) is 16.6. The van der Waals surface area contributed by atoms with Gasteiger partial charge in [0, 0.05) is 18.0 Å². The minimum Gasteiger partial charge on any atom is -0.345 e. The Bertz CT molecular complexity index is 940. The average molecular weight is 426 g/mol. The Morgan fingerprint density at radius 1 is 1.03 bits per heavy atom. The van der Waals surface area contributed by atoms with Gasteiger partial charge in [-0.3, -0.25) is 14.5 Å². The molecule has 2 aliphatic rings. The summed E-state index contributed by atoms with van der Waals surface area (Å²) in [5.74, 6) is -0.429. The zero-order valence-corrected chi connectivity index (χ0v) is 17.3. The Kier molecular flexibility index (Phi) is 5.77. The molecular weight excluding hydrogens is 402 g/mol. The Balaban J connectivity index is 1.44. The van der Waals surface area contributed by atoms with Crippen LogP contribution in [0.4, 0.5) is 4.79 Å². The second-order valence-electron chi connectivity index (χ2n) is 7.89. The van der Waals surface area contributed by atoms with Crippen molar-refractivity contribution in [1.82, 2.24) is 15.5 Å². The Labute approximate surface area is 180 Å². The molecule has 7 heteroatoms. The molecular formula is C23H24ClN3O3. The van der Waals surface area contributed by atoms with E-state index in [4.69, 9.17) is 11.6 Å². The first kappa shape index (κ1) is 20.4. The van der Waals surface area contributed by atoms with Gasteiger partial charge in [0.15, 0.2) is 0 Å². The lowest BCUT2D eigenvalue weighted by molar-refractivity contribution is -0.131. The van der Waals surface area contributed by atoms with Gasteiger partial charge in [-0.1, -0.05) is 66.9 Å². The van der Waals surface area contributed by atoms with Crippen molar-refractivity contribution in [1.29, 1.82) is 0 Å². The van der Waals surface area contributed by atoms with E-state index in [2.05, 4.69) is 10.6 Å². The largest absolute Gasteiger partial charge is 0.345 e. The number of carbonyl (C=O) groups excluding carboxylic acids is 3. The fraction of sp³-hybridized carbons (Fsp3) is 0.348. The molecule has 0 bridgehead atoms. The second kappa shape index (κ2) is 8.48. The van der Waals surface area contributed by atoms with Crippen molar-refractivity contribution in [3.8, 4) is 0 Å². The van der Waals surface area contributed by atoms with Crippen LogP contribution in [0.3, 0.4) is 0 Å². The molecule has 1 atom stereocenters. The van der Waals surface area contributed by atoms with E-state index in [0.717, 1.165) is 24.0 Å². The summed E-state index contributed by atoms with van der Waals surface area (Å²) >= 11 is 6.01. The molecule has 1 aliphatic carbocycles. The van der Waals surface area contributed by atoms with Crippen LogP contribution < -0.4 is 10.6 Å². The molecule has 2 aromatic rings. The van der Waals surface area contributed by atoms with Gasteiger partial charge < -0.3 is 10.6 Å². The summed E-state index contributed by atoms with van der Waals surface area (Å²) < 4.78 is 0. The second-order valence-corrected chi connectivity index (χ2v) is 8.33. The number of carbonyl (C=O) groups is 3. The van der Waals surface area contributed by atoms with Gasteiger partial charge in [0.25, 0.3) is 5.91 Å². The first-order valence-electron chi connectivity index (χ1n) is 10.2. The summed E-state index contributed by atoms with van der Waals surface area (Å²) in [7, 11) is 0. The number of halogens is 1. The number of urea groups is 1. The number of imide groups is 1. The van der Waals surface area contributed by atoms with Crippen molar-refractivity contribution in [2.75, 3.05) is 6.54 Å². The molecule has 1 unspecified atom stereocenters. The number of nitrogens with one attached hydrogen (secondary N) is 2. The number of amides is 4. The highest BCUT2D eigenvalue weighted by molar-refractivity contribution is 6.30. The van der Waals surface area contributed by atoms with E-state index in [1.807, 2.05) is 42.5 Å². The third-order valence-electron chi connectivity index (χ3n) is 5.91. The van der Waals surface area contributed by atoms with Crippen LogP contribution in [0.2, 0.25) is 5.02 Å². The maximum Gasteiger partial charge on any atom is 0.325 e. The molecule has 30 heavy (non-hydrogen) atoms. The van der Waals surface area contributed by atoms with E-state index in [-0.39, 0.29) is 30.8 Å². The van der Waals surface area contributed by atoms with Crippen molar-refractivity contribution in [2.24, 2.45) is 0 Å². The van der Waals surface area contributed by atoms with Gasteiger partial charge >= 0.3 is 6.03 Å². The molecule has 1 aliphatic heterocycles. The summed E-state index contributed by atoms with van der Waals surface area (Å²) in [5, 5.41) is 6.50. The highest BCUT2D eigenvalue weighted by atomic mass is 35.5. The summed E-state index contributed by atoms with van der Waals surface area (Å²) in [6.07, 6.45) is 3.26. The maximum atomic E-state index is 12.7. The number of nitrogens with zero attached hydrogens (tertiary/aromatic N) is 1. The third kappa shape index (κ3) is 4.05. The SMILES string of the molecule is O=C(CCN1C(=O)NC2(CCCC2)C1=O)NC(c1ccccc1)c1ccc(Cl)cc1. The molecule has 1 heterocycles. The molecule has 6 nitrogen and oxygen atoms in total. The van der Waals surface area contributed by atoms with Crippen LogP contribution in [0, 0.1) is 0 Å². The molecule has 156 valence electrons. The van der Waals surface area contributed by atoms with E-state index in [1.165, 1.54) is 4.90 Å². The molecule has 2 N–H and O–H groups in total. The highest BCUT2D eigenvalue weighted by Gasteiger charge is 2.52. The molecule has 4 rings (SSSR count). The van der Waals surface area contributed by atoms with Crippen LogP contribution in [0.15, 0.2) is 54.6 Å². The molecule has 1 spiro atoms. The maximum absolute atomic E-state index is 12.7. The third-order valence-corrected chi connectivity index (χ3v) is 6.16. The van der Waals surface area contributed by atoms with Crippen molar-refractivity contribution < 1.29 is 14.4 Å². The van der Waals surface area contributed by atoms with E-state index >= 15 is 0 Å². The number of hydrogen-bond acceptors (Lipinski definition) is 3. The van der Waals surface area contributed by atoms with Crippen LogP contribution in [-0.4, -0.2) is 34.8 Å². The van der Waals surface area contributed by atoms with Crippen LogP contribution in [0.5, 0.6) is 0 Å². The first-order valence-corrected chi connectivity index (χ1v) is 10.6. The Morgan fingerprint density at radius 3 is 2.33 bits per heavy atom. The standard InChI is InChI=1S/C23H24ClN3O3/c24-18-10-8-17(9-11-18)20(16-6-2-1-3-7-16)25-19(28)12-15-27-21(29)23(26-22(27)30)13-4-5-14-23/h1-3,6-11,20H,4-5,12-15H2,(H,25,28)(H,26,30). The fourth-order valence-corrected chi connectivity index (χ4v) is 4.43. The summed E-state index contributed by atoms with van der Waals surface area (Å²) in [5.41, 5.74) is 1.09. The number of benzene rings is 2. The van der Waals surface area contributed by atoms with Crippen molar-refractivity contribution in [2.45, 2.75) is 43.7 Å². The zero-order chi connectivity index (χ0) is 21.1. The minimum atomic E-state index is -0.747. The van der Waals surface area contributed by atoms with Crippen LogP contribution in [0.25, 0.3) is 0 Å². The van der Waals surface area contributed by atoms with Crippen molar-refractivity contribution in [3.63, 3.8) is 0 Å². The van der Waals surface area contributed by atoms with E-state index in [1.54, 1.807) is 12.1 Å². The number of rotatable bonds is 6. The van der Waals surface area contributed by atoms with Gasteiger partial charge in [-0.05, 0) is 36.1 Å². The summed E-state index contributed by atoms with van der Waals surface area (Å²) in [4.78, 5) is 39.0. The quantitative estimate of drug-likeness (QED) is 0.691. The molecule has 1 saturated heterocycles. The van der Waals surface area contributed by atoms with E-state index < -0.39 is 11.6 Å². The normalized spacial score (nSPS) is 18.5. The van der Waals surface area contributed by atoms with Gasteiger partial charge in [0.05, 0.1) is 6.04 Å². The average Bonchev–Trinajstić information content (AvgIpc) is 3.31.